The van der Waals surface area contributed by atoms with Crippen LogP contribution in [0.25, 0.3) is 0 Å². The van der Waals surface area contributed by atoms with Crippen LogP contribution < -0.4 is 5.32 Å². The average Bonchev–Trinajstić information content (AvgIpc) is 2.22. The van der Waals surface area contributed by atoms with Crippen LogP contribution in [0.4, 0.5) is 5.69 Å². The van der Waals surface area contributed by atoms with Crippen LogP contribution >= 0.6 is 34.2 Å². The first-order valence-electron chi connectivity index (χ1n) is 3.89. The van der Waals surface area contributed by atoms with E-state index in [1.165, 1.54) is 6.20 Å². The molecule has 0 aromatic heterocycles. The molecule has 1 aromatic rings. The Morgan fingerprint density at radius 1 is 1.40 bits per heavy atom. The lowest BCUT2D eigenvalue weighted by Crippen LogP contribution is -1.91. The predicted octanol–water partition coefficient (Wildman–Crippen LogP) is 3.29. The number of rotatable bonds is 2. The van der Waals surface area contributed by atoms with Gasteiger partial charge in [-0.05, 0) is 40.8 Å². The molecule has 5 heteroatoms. The van der Waals surface area contributed by atoms with E-state index >= 15 is 0 Å². The van der Waals surface area contributed by atoms with Crippen molar-refractivity contribution in [3.8, 4) is 12.1 Å². The first-order valence-corrected chi connectivity index (χ1v) is 5.35. The minimum Gasteiger partial charge on any atom is -0.359 e. The summed E-state index contributed by atoms with van der Waals surface area (Å²) in [5, 5.41) is 20.4. The lowest BCUT2D eigenvalue weighted by atomic mass is 10.3. The molecule has 0 aliphatic rings. The van der Waals surface area contributed by atoms with Crippen LogP contribution in [0.3, 0.4) is 0 Å². The number of nitrogens with one attached hydrogen (secondary N) is 1. The quantitative estimate of drug-likeness (QED) is 0.669. The van der Waals surface area contributed by atoms with Gasteiger partial charge in [0.15, 0.2) is 0 Å². The molecule has 0 unspecified atom stereocenters. The maximum atomic E-state index is 8.50. The Morgan fingerprint density at radius 2 is 2.07 bits per heavy atom. The highest BCUT2D eigenvalue weighted by molar-refractivity contribution is 14.1. The number of halogens is 2. The first-order chi connectivity index (χ1) is 7.17. The minimum absolute atomic E-state index is 0.00427. The largest absolute Gasteiger partial charge is 0.359 e. The summed E-state index contributed by atoms with van der Waals surface area (Å²) in [5.74, 6) is 0. The Hall–Kier alpha value is -1.24. The molecule has 1 N–H and O–H groups in total. The molecule has 74 valence electrons. The molecule has 0 atom stereocenters. The summed E-state index contributed by atoms with van der Waals surface area (Å²) >= 11 is 8.08. The van der Waals surface area contributed by atoms with E-state index in [4.69, 9.17) is 22.1 Å². The van der Waals surface area contributed by atoms with Gasteiger partial charge in [0.25, 0.3) is 0 Å². The number of nitriles is 2. The van der Waals surface area contributed by atoms with E-state index in [2.05, 4.69) is 27.9 Å². The molecule has 1 rings (SSSR count). The third-order valence-electron chi connectivity index (χ3n) is 1.54. The van der Waals surface area contributed by atoms with Gasteiger partial charge >= 0.3 is 0 Å². The van der Waals surface area contributed by atoms with Crippen molar-refractivity contribution in [3.63, 3.8) is 0 Å². The molecule has 1 aromatic carbocycles. The second-order valence-electron chi connectivity index (χ2n) is 2.55. The second kappa shape index (κ2) is 5.59. The lowest BCUT2D eigenvalue weighted by Gasteiger charge is -2.03. The van der Waals surface area contributed by atoms with Gasteiger partial charge < -0.3 is 5.32 Å². The van der Waals surface area contributed by atoms with Crippen LogP contribution in [0.2, 0.25) is 5.02 Å². The van der Waals surface area contributed by atoms with Gasteiger partial charge in [0.2, 0.25) is 0 Å². The third kappa shape index (κ3) is 3.43. The molecule has 15 heavy (non-hydrogen) atoms. The number of benzene rings is 1. The van der Waals surface area contributed by atoms with Gasteiger partial charge in [-0.25, -0.2) is 0 Å². The summed E-state index contributed by atoms with van der Waals surface area (Å²) in [5.41, 5.74) is 0.671. The van der Waals surface area contributed by atoms with Gasteiger partial charge in [-0.1, -0.05) is 11.6 Å². The van der Waals surface area contributed by atoms with Crippen LogP contribution in [0.5, 0.6) is 0 Å². The normalized spacial score (nSPS) is 8.53. The Morgan fingerprint density at radius 3 is 2.60 bits per heavy atom. The molecule has 0 radical (unpaired) electrons. The standard InChI is InChI=1S/C10H5ClIN3/c11-9-3-8(12)1-2-10(9)15-6-7(4-13)5-14/h1-3,6,15H. The summed E-state index contributed by atoms with van der Waals surface area (Å²) in [6, 6.07) is 8.94. The van der Waals surface area contributed by atoms with Crippen molar-refractivity contribution < 1.29 is 0 Å². The number of hydrogen-bond acceptors (Lipinski definition) is 3. The third-order valence-corrected chi connectivity index (χ3v) is 2.53. The van der Waals surface area contributed by atoms with Crippen molar-refractivity contribution in [2.75, 3.05) is 5.32 Å². The monoisotopic (exact) mass is 329 g/mol. The maximum Gasteiger partial charge on any atom is 0.145 e. The zero-order valence-electron chi connectivity index (χ0n) is 7.46. The molecule has 0 aliphatic heterocycles. The van der Waals surface area contributed by atoms with E-state index < -0.39 is 0 Å². The molecular formula is C10H5ClIN3. The van der Waals surface area contributed by atoms with E-state index in [9.17, 15) is 0 Å². The SMILES string of the molecule is N#CC(C#N)=CNc1ccc(I)cc1Cl. The summed E-state index contributed by atoms with van der Waals surface area (Å²) in [4.78, 5) is 0. The van der Waals surface area contributed by atoms with E-state index in [0.717, 1.165) is 3.57 Å². The lowest BCUT2D eigenvalue weighted by molar-refractivity contribution is 1.44. The van der Waals surface area contributed by atoms with Crippen LogP contribution in [0.1, 0.15) is 0 Å². The van der Waals surface area contributed by atoms with E-state index in [-0.39, 0.29) is 5.57 Å². The Bertz CT molecular complexity index is 466. The Kier molecular flexibility index (Phi) is 4.41. The number of allylic oxidation sites excluding steroid dienone is 1. The summed E-state index contributed by atoms with van der Waals surface area (Å²) in [7, 11) is 0. The van der Waals surface area contributed by atoms with Crippen LogP contribution in [0.15, 0.2) is 30.0 Å². The second-order valence-corrected chi connectivity index (χ2v) is 4.20. The smallest absolute Gasteiger partial charge is 0.145 e. The van der Waals surface area contributed by atoms with Crippen LogP contribution in [-0.2, 0) is 0 Å². The van der Waals surface area contributed by atoms with Crippen molar-refractivity contribution in [2.45, 2.75) is 0 Å². The fraction of sp³-hybridized carbons (Fsp3) is 0. The Labute approximate surface area is 106 Å². The van der Waals surface area contributed by atoms with Gasteiger partial charge in [-0.3, -0.25) is 0 Å². The van der Waals surface area contributed by atoms with Crippen molar-refractivity contribution in [3.05, 3.63) is 38.6 Å². The Balaban J connectivity index is 2.89. The summed E-state index contributed by atoms with van der Waals surface area (Å²) in [6.07, 6.45) is 1.33. The molecule has 0 saturated heterocycles. The topological polar surface area (TPSA) is 59.6 Å². The zero-order chi connectivity index (χ0) is 11.3. The van der Waals surface area contributed by atoms with Crippen molar-refractivity contribution in [1.29, 1.82) is 10.5 Å². The van der Waals surface area contributed by atoms with Gasteiger partial charge in [0.05, 0.1) is 10.7 Å². The van der Waals surface area contributed by atoms with Gasteiger partial charge in [-0.15, -0.1) is 0 Å². The molecule has 0 heterocycles. The summed E-state index contributed by atoms with van der Waals surface area (Å²) < 4.78 is 1.02. The highest BCUT2D eigenvalue weighted by Crippen LogP contribution is 2.23. The molecule has 0 bridgehead atoms. The fourth-order valence-corrected chi connectivity index (χ4v) is 1.76. The number of hydrogen-bond donors (Lipinski definition) is 1. The molecular weight excluding hydrogens is 324 g/mol. The number of anilines is 1. The van der Waals surface area contributed by atoms with Gasteiger partial charge in [-0.2, -0.15) is 10.5 Å². The van der Waals surface area contributed by atoms with Crippen molar-refractivity contribution in [2.24, 2.45) is 0 Å². The van der Waals surface area contributed by atoms with Crippen LogP contribution in [-0.4, -0.2) is 0 Å². The maximum absolute atomic E-state index is 8.50. The minimum atomic E-state index is 0.00427. The summed E-state index contributed by atoms with van der Waals surface area (Å²) in [6.45, 7) is 0. The predicted molar refractivity (Wildman–Crippen MR) is 67.1 cm³/mol. The molecule has 3 nitrogen and oxygen atoms in total. The fourth-order valence-electron chi connectivity index (χ4n) is 0.846. The molecule has 0 aliphatic carbocycles. The highest BCUT2D eigenvalue weighted by Gasteiger charge is 1.99. The van der Waals surface area contributed by atoms with Gasteiger partial charge in [0, 0.05) is 9.77 Å². The molecule has 0 saturated carbocycles. The highest BCUT2D eigenvalue weighted by atomic mass is 127. The van der Waals surface area contributed by atoms with E-state index in [1.54, 1.807) is 24.3 Å². The molecule has 0 fully saturated rings. The van der Waals surface area contributed by atoms with Crippen molar-refractivity contribution in [1.82, 2.24) is 0 Å². The van der Waals surface area contributed by atoms with Gasteiger partial charge in [0.1, 0.15) is 17.7 Å². The van der Waals surface area contributed by atoms with E-state index in [1.807, 2.05) is 6.07 Å². The average molecular weight is 330 g/mol. The van der Waals surface area contributed by atoms with E-state index in [0.29, 0.717) is 10.7 Å². The first kappa shape index (κ1) is 11.8. The zero-order valence-corrected chi connectivity index (χ0v) is 10.4. The molecule has 0 spiro atoms. The molecule has 0 amide bonds. The number of nitrogens with zero attached hydrogens (tertiary/aromatic N) is 2. The van der Waals surface area contributed by atoms with Crippen molar-refractivity contribution >= 4 is 39.9 Å². The van der Waals surface area contributed by atoms with Crippen LogP contribution in [0, 0.1) is 26.2 Å².